The van der Waals surface area contributed by atoms with Crippen LogP contribution in [0.5, 0.6) is 0 Å². The standard InChI is InChI=1S/C7H12O2/c1-6(2)5-7-3-4-8-9-7/h5,7H,3-4H2,1-2H3. The largest absolute Gasteiger partial charge is 0.236 e. The topological polar surface area (TPSA) is 18.5 Å². The van der Waals surface area contributed by atoms with Gasteiger partial charge in [0.25, 0.3) is 0 Å². The van der Waals surface area contributed by atoms with Crippen LogP contribution in [-0.2, 0) is 9.78 Å². The van der Waals surface area contributed by atoms with Gasteiger partial charge in [0.15, 0.2) is 0 Å². The molecule has 0 bridgehead atoms. The lowest BCUT2D eigenvalue weighted by atomic mass is 10.2. The molecule has 0 aliphatic carbocycles. The predicted molar refractivity (Wildman–Crippen MR) is 34.9 cm³/mol. The molecule has 0 spiro atoms. The Morgan fingerprint density at radius 2 is 2.33 bits per heavy atom. The lowest BCUT2D eigenvalue weighted by molar-refractivity contribution is -0.265. The number of hydrogen-bond acceptors (Lipinski definition) is 2. The Morgan fingerprint density at radius 1 is 1.56 bits per heavy atom. The minimum atomic E-state index is 0.204. The highest BCUT2D eigenvalue weighted by atomic mass is 17.2. The predicted octanol–water partition coefficient (Wildman–Crippen LogP) is 1.67. The maximum Gasteiger partial charge on any atom is 0.114 e. The van der Waals surface area contributed by atoms with Crippen molar-refractivity contribution in [1.29, 1.82) is 0 Å². The smallest absolute Gasteiger partial charge is 0.114 e. The summed E-state index contributed by atoms with van der Waals surface area (Å²) in [6.07, 6.45) is 3.27. The molecule has 1 fully saturated rings. The maximum absolute atomic E-state index is 4.89. The van der Waals surface area contributed by atoms with Crippen LogP contribution in [0.25, 0.3) is 0 Å². The van der Waals surface area contributed by atoms with Gasteiger partial charge in [-0.05, 0) is 13.8 Å². The number of hydrogen-bond donors (Lipinski definition) is 0. The normalized spacial score (nSPS) is 26.2. The average Bonchev–Trinajstić information content (AvgIpc) is 2.15. The molecule has 0 N–H and O–H groups in total. The highest BCUT2D eigenvalue weighted by Crippen LogP contribution is 2.11. The van der Waals surface area contributed by atoms with Crippen LogP contribution in [0, 0.1) is 0 Å². The number of allylic oxidation sites excluding steroid dienone is 1. The Morgan fingerprint density at radius 3 is 2.78 bits per heavy atom. The molecule has 0 aromatic carbocycles. The molecule has 52 valence electrons. The molecule has 0 aromatic heterocycles. The summed E-state index contributed by atoms with van der Waals surface area (Å²) in [4.78, 5) is 9.60. The van der Waals surface area contributed by atoms with Gasteiger partial charge in [0.05, 0.1) is 6.61 Å². The van der Waals surface area contributed by atoms with Gasteiger partial charge < -0.3 is 0 Å². The van der Waals surface area contributed by atoms with Crippen molar-refractivity contribution in [3.05, 3.63) is 11.6 Å². The minimum Gasteiger partial charge on any atom is -0.236 e. The SMILES string of the molecule is CC(C)=CC1CCOO1. The van der Waals surface area contributed by atoms with Crippen LogP contribution in [0.2, 0.25) is 0 Å². The third kappa shape index (κ3) is 2.16. The molecule has 0 radical (unpaired) electrons. The van der Waals surface area contributed by atoms with Crippen molar-refractivity contribution in [1.82, 2.24) is 0 Å². The van der Waals surface area contributed by atoms with Crippen LogP contribution in [0.4, 0.5) is 0 Å². The van der Waals surface area contributed by atoms with E-state index in [1.807, 2.05) is 0 Å². The highest BCUT2D eigenvalue weighted by molar-refractivity contribution is 4.98. The molecule has 0 aromatic rings. The summed E-state index contributed by atoms with van der Waals surface area (Å²) >= 11 is 0. The van der Waals surface area contributed by atoms with Crippen molar-refractivity contribution in [3.63, 3.8) is 0 Å². The summed E-state index contributed by atoms with van der Waals surface area (Å²) in [6.45, 7) is 4.85. The molecule has 1 saturated heterocycles. The van der Waals surface area contributed by atoms with Crippen molar-refractivity contribution in [2.75, 3.05) is 6.61 Å². The van der Waals surface area contributed by atoms with Gasteiger partial charge in [0.1, 0.15) is 6.10 Å². The Kier molecular flexibility index (Phi) is 2.25. The van der Waals surface area contributed by atoms with Crippen molar-refractivity contribution in [2.45, 2.75) is 26.4 Å². The van der Waals surface area contributed by atoms with E-state index >= 15 is 0 Å². The summed E-state index contributed by atoms with van der Waals surface area (Å²) in [5.74, 6) is 0. The molecule has 9 heavy (non-hydrogen) atoms. The van der Waals surface area contributed by atoms with Gasteiger partial charge in [0.2, 0.25) is 0 Å². The van der Waals surface area contributed by atoms with E-state index in [0.29, 0.717) is 0 Å². The second-order valence-corrected chi connectivity index (χ2v) is 2.49. The Labute approximate surface area is 55.4 Å². The average molecular weight is 128 g/mol. The van der Waals surface area contributed by atoms with E-state index in [9.17, 15) is 0 Å². The molecular formula is C7H12O2. The monoisotopic (exact) mass is 128 g/mol. The molecule has 1 heterocycles. The quantitative estimate of drug-likeness (QED) is 0.395. The van der Waals surface area contributed by atoms with E-state index in [1.165, 1.54) is 5.57 Å². The van der Waals surface area contributed by atoms with E-state index in [-0.39, 0.29) is 6.10 Å². The van der Waals surface area contributed by atoms with Crippen LogP contribution in [0.1, 0.15) is 20.3 Å². The summed E-state index contributed by atoms with van der Waals surface area (Å²) in [5.41, 5.74) is 1.28. The summed E-state index contributed by atoms with van der Waals surface area (Å²) in [6, 6.07) is 0. The fourth-order valence-corrected chi connectivity index (χ4v) is 0.831. The molecular weight excluding hydrogens is 116 g/mol. The van der Waals surface area contributed by atoms with Gasteiger partial charge in [-0.1, -0.05) is 11.6 Å². The van der Waals surface area contributed by atoms with Gasteiger partial charge in [-0.25, -0.2) is 9.78 Å². The Balaban J connectivity index is 2.35. The first kappa shape index (κ1) is 6.78. The summed E-state index contributed by atoms with van der Waals surface area (Å²) < 4.78 is 0. The van der Waals surface area contributed by atoms with Gasteiger partial charge >= 0.3 is 0 Å². The number of rotatable bonds is 1. The summed E-state index contributed by atoms with van der Waals surface area (Å²) in [7, 11) is 0. The van der Waals surface area contributed by atoms with Gasteiger partial charge in [0, 0.05) is 6.42 Å². The molecule has 1 aliphatic rings. The second-order valence-electron chi connectivity index (χ2n) is 2.49. The molecule has 1 atom stereocenters. The first-order chi connectivity index (χ1) is 4.29. The van der Waals surface area contributed by atoms with Crippen LogP contribution in [-0.4, -0.2) is 12.7 Å². The molecule has 2 heteroatoms. The van der Waals surface area contributed by atoms with Crippen molar-refractivity contribution in [2.24, 2.45) is 0 Å². The maximum atomic E-state index is 4.89. The van der Waals surface area contributed by atoms with E-state index in [2.05, 4.69) is 19.9 Å². The summed E-state index contributed by atoms with van der Waals surface area (Å²) in [5, 5.41) is 0. The molecule has 1 rings (SSSR count). The second kappa shape index (κ2) is 2.99. The lowest BCUT2D eigenvalue weighted by Crippen LogP contribution is -1.98. The van der Waals surface area contributed by atoms with Crippen LogP contribution < -0.4 is 0 Å². The van der Waals surface area contributed by atoms with Gasteiger partial charge in [-0.15, -0.1) is 0 Å². The van der Waals surface area contributed by atoms with E-state index < -0.39 is 0 Å². The third-order valence-electron chi connectivity index (χ3n) is 1.20. The first-order valence-electron chi connectivity index (χ1n) is 3.22. The van der Waals surface area contributed by atoms with E-state index in [1.54, 1.807) is 0 Å². The van der Waals surface area contributed by atoms with E-state index in [0.717, 1.165) is 13.0 Å². The Bertz CT molecular complexity index is 108. The van der Waals surface area contributed by atoms with Gasteiger partial charge in [-0.2, -0.15) is 0 Å². The zero-order chi connectivity index (χ0) is 6.69. The van der Waals surface area contributed by atoms with Gasteiger partial charge in [-0.3, -0.25) is 0 Å². The third-order valence-corrected chi connectivity index (χ3v) is 1.20. The van der Waals surface area contributed by atoms with Crippen LogP contribution >= 0.6 is 0 Å². The minimum absolute atomic E-state index is 0.204. The molecule has 1 unspecified atom stereocenters. The zero-order valence-electron chi connectivity index (χ0n) is 5.89. The van der Waals surface area contributed by atoms with Crippen molar-refractivity contribution >= 4 is 0 Å². The zero-order valence-corrected chi connectivity index (χ0v) is 5.89. The lowest BCUT2D eigenvalue weighted by Gasteiger charge is -1.98. The van der Waals surface area contributed by atoms with Crippen molar-refractivity contribution < 1.29 is 9.78 Å². The fraction of sp³-hybridized carbons (Fsp3) is 0.714. The molecule has 1 aliphatic heterocycles. The molecule has 0 saturated carbocycles. The molecule has 2 nitrogen and oxygen atoms in total. The van der Waals surface area contributed by atoms with Crippen LogP contribution in [0.15, 0.2) is 11.6 Å². The van der Waals surface area contributed by atoms with Crippen molar-refractivity contribution in [3.8, 4) is 0 Å². The first-order valence-corrected chi connectivity index (χ1v) is 3.22. The molecule has 0 amide bonds. The fourth-order valence-electron chi connectivity index (χ4n) is 0.831. The Hall–Kier alpha value is -0.340. The van der Waals surface area contributed by atoms with E-state index in [4.69, 9.17) is 9.78 Å². The highest BCUT2D eigenvalue weighted by Gasteiger charge is 2.13. The van der Waals surface area contributed by atoms with Crippen LogP contribution in [0.3, 0.4) is 0 Å².